The highest BCUT2D eigenvalue weighted by Gasteiger charge is 2.40. The van der Waals surface area contributed by atoms with Gasteiger partial charge in [0.2, 0.25) is 16.0 Å². The van der Waals surface area contributed by atoms with Crippen molar-refractivity contribution >= 4 is 27.5 Å². The Labute approximate surface area is 152 Å². The molecule has 8 nitrogen and oxygen atoms in total. The molecule has 1 aliphatic heterocycles. The van der Waals surface area contributed by atoms with E-state index >= 15 is 0 Å². The summed E-state index contributed by atoms with van der Waals surface area (Å²) in [7, 11) is -0.545. The number of benzene rings is 1. The van der Waals surface area contributed by atoms with Crippen LogP contribution in [0.5, 0.6) is 5.75 Å². The number of hydrogen-bond donors (Lipinski definition) is 2. The standard InChI is InChI=1S/C17H21N5O3S/c1-17(11-26(23,24)22(2)16(18)21-17)12-8-9-19-15(10-12)20-13-6-4-5-7-14(13)25-3/h4-10H,11H2,1-3H3,(H2,18,21)(H,19,20)/t17-/m0/s1. The van der Waals surface area contributed by atoms with E-state index in [0.717, 1.165) is 9.99 Å². The molecule has 0 amide bonds. The molecule has 0 fully saturated rings. The van der Waals surface area contributed by atoms with Crippen LogP contribution < -0.4 is 15.8 Å². The Morgan fingerprint density at radius 2 is 2.04 bits per heavy atom. The van der Waals surface area contributed by atoms with E-state index in [9.17, 15) is 8.42 Å². The quantitative estimate of drug-likeness (QED) is 0.841. The second-order valence-electron chi connectivity index (χ2n) is 6.22. The zero-order valence-electron chi connectivity index (χ0n) is 14.8. The van der Waals surface area contributed by atoms with Gasteiger partial charge in [-0.1, -0.05) is 12.1 Å². The van der Waals surface area contributed by atoms with Crippen molar-refractivity contribution in [3.63, 3.8) is 0 Å². The first-order valence-electron chi connectivity index (χ1n) is 7.94. The SMILES string of the molecule is COc1ccccc1Nc1cc([C@]2(C)CS(=O)(=O)N(C)C(N)=N2)ccn1. The normalized spacial score (nSPS) is 21.8. The van der Waals surface area contributed by atoms with Gasteiger partial charge < -0.3 is 15.8 Å². The van der Waals surface area contributed by atoms with Crippen LogP contribution in [0.4, 0.5) is 11.5 Å². The van der Waals surface area contributed by atoms with E-state index in [-0.39, 0.29) is 11.7 Å². The van der Waals surface area contributed by atoms with Crippen LogP contribution in [0.2, 0.25) is 0 Å². The lowest BCUT2D eigenvalue weighted by Crippen LogP contribution is -2.50. The van der Waals surface area contributed by atoms with Gasteiger partial charge in [-0.3, -0.25) is 0 Å². The van der Waals surface area contributed by atoms with Crippen molar-refractivity contribution < 1.29 is 13.2 Å². The molecule has 2 aromatic rings. The summed E-state index contributed by atoms with van der Waals surface area (Å²) in [5.41, 5.74) is 6.28. The van der Waals surface area contributed by atoms with Crippen molar-refractivity contribution in [1.29, 1.82) is 0 Å². The Kier molecular flexibility index (Phi) is 4.49. The van der Waals surface area contributed by atoms with Crippen LogP contribution in [0, 0.1) is 0 Å². The zero-order valence-corrected chi connectivity index (χ0v) is 15.6. The van der Waals surface area contributed by atoms with Crippen molar-refractivity contribution in [3.05, 3.63) is 48.2 Å². The first-order chi connectivity index (χ1) is 12.2. The van der Waals surface area contributed by atoms with Crippen molar-refractivity contribution in [2.45, 2.75) is 12.5 Å². The van der Waals surface area contributed by atoms with Gasteiger partial charge in [0.1, 0.15) is 17.1 Å². The molecular weight excluding hydrogens is 354 g/mol. The predicted molar refractivity (Wildman–Crippen MR) is 101 cm³/mol. The first kappa shape index (κ1) is 18.0. The van der Waals surface area contributed by atoms with Gasteiger partial charge in [0, 0.05) is 13.2 Å². The monoisotopic (exact) mass is 375 g/mol. The molecule has 9 heteroatoms. The van der Waals surface area contributed by atoms with Crippen LogP contribution in [0.1, 0.15) is 12.5 Å². The number of sulfonamides is 1. The summed E-state index contributed by atoms with van der Waals surface area (Å²) < 4.78 is 31.0. The second kappa shape index (κ2) is 6.49. The van der Waals surface area contributed by atoms with E-state index in [4.69, 9.17) is 10.5 Å². The number of nitrogens with one attached hydrogen (secondary N) is 1. The molecule has 0 aliphatic carbocycles. The number of nitrogens with zero attached hydrogens (tertiary/aromatic N) is 3. The van der Waals surface area contributed by atoms with Crippen LogP contribution in [0.3, 0.4) is 0 Å². The van der Waals surface area contributed by atoms with Gasteiger partial charge in [-0.25, -0.2) is 22.7 Å². The van der Waals surface area contributed by atoms with Crippen molar-refractivity contribution in [1.82, 2.24) is 9.29 Å². The maximum atomic E-state index is 12.4. The Hall–Kier alpha value is -2.81. The van der Waals surface area contributed by atoms with Gasteiger partial charge in [-0.05, 0) is 36.8 Å². The fourth-order valence-corrected chi connectivity index (χ4v) is 4.28. The summed E-state index contributed by atoms with van der Waals surface area (Å²) >= 11 is 0. The van der Waals surface area contributed by atoms with Gasteiger partial charge in [0.15, 0.2) is 0 Å². The number of rotatable bonds is 4. The number of aromatic nitrogens is 1. The molecule has 1 atom stereocenters. The number of anilines is 2. The van der Waals surface area contributed by atoms with Crippen molar-refractivity contribution in [2.75, 3.05) is 25.2 Å². The molecule has 0 bridgehead atoms. The average molecular weight is 375 g/mol. The second-order valence-corrected chi connectivity index (χ2v) is 8.22. The lowest BCUT2D eigenvalue weighted by Gasteiger charge is -2.34. The van der Waals surface area contributed by atoms with Crippen LogP contribution in [-0.2, 0) is 15.6 Å². The molecule has 1 aliphatic rings. The third-order valence-electron chi connectivity index (χ3n) is 4.32. The Morgan fingerprint density at radius 3 is 2.73 bits per heavy atom. The van der Waals surface area contributed by atoms with Crippen molar-refractivity contribution in [3.8, 4) is 5.75 Å². The van der Waals surface area contributed by atoms with Gasteiger partial charge in [0.25, 0.3) is 0 Å². The summed E-state index contributed by atoms with van der Waals surface area (Å²) in [4.78, 5) is 8.70. The predicted octanol–water partition coefficient (Wildman–Crippen LogP) is 1.64. The maximum absolute atomic E-state index is 12.4. The molecule has 0 saturated carbocycles. The highest BCUT2D eigenvalue weighted by Crippen LogP contribution is 2.33. The summed E-state index contributed by atoms with van der Waals surface area (Å²) in [5.74, 6) is 1.03. The van der Waals surface area contributed by atoms with Crippen LogP contribution in [-0.4, -0.2) is 43.6 Å². The maximum Gasteiger partial charge on any atom is 0.239 e. The van der Waals surface area contributed by atoms with Gasteiger partial charge in [-0.15, -0.1) is 0 Å². The largest absolute Gasteiger partial charge is 0.495 e. The number of guanidine groups is 1. The molecular formula is C17H21N5O3S. The number of methoxy groups -OCH3 is 1. The number of hydrogen-bond acceptors (Lipinski definition) is 7. The topological polar surface area (TPSA) is 110 Å². The summed E-state index contributed by atoms with van der Waals surface area (Å²) in [6.45, 7) is 1.74. The van der Waals surface area contributed by atoms with Crippen molar-refractivity contribution in [2.24, 2.45) is 10.7 Å². The van der Waals surface area contributed by atoms with E-state index in [0.29, 0.717) is 17.1 Å². The fourth-order valence-electron chi connectivity index (χ4n) is 2.82. The molecule has 3 N–H and O–H groups in total. The lowest BCUT2D eigenvalue weighted by molar-refractivity contribution is 0.417. The zero-order chi connectivity index (χ0) is 18.9. The molecule has 1 aromatic heterocycles. The molecule has 2 heterocycles. The minimum atomic E-state index is -3.53. The number of para-hydroxylation sites is 2. The van der Waals surface area contributed by atoms with E-state index < -0.39 is 15.6 Å². The molecule has 3 rings (SSSR count). The van der Waals surface area contributed by atoms with E-state index in [1.807, 2.05) is 24.3 Å². The Balaban J connectivity index is 1.97. The number of nitrogens with two attached hydrogens (primary N) is 1. The third kappa shape index (κ3) is 3.30. The summed E-state index contributed by atoms with van der Waals surface area (Å²) in [6.07, 6.45) is 1.61. The van der Waals surface area contributed by atoms with Crippen LogP contribution >= 0.6 is 0 Å². The molecule has 0 saturated heterocycles. The highest BCUT2D eigenvalue weighted by molar-refractivity contribution is 7.89. The molecule has 0 radical (unpaired) electrons. The Morgan fingerprint density at radius 1 is 1.31 bits per heavy atom. The van der Waals surface area contributed by atoms with Gasteiger partial charge in [-0.2, -0.15) is 0 Å². The van der Waals surface area contributed by atoms with Crippen LogP contribution in [0.15, 0.2) is 47.6 Å². The third-order valence-corrected chi connectivity index (χ3v) is 6.26. The smallest absolute Gasteiger partial charge is 0.239 e. The average Bonchev–Trinajstić information content (AvgIpc) is 2.60. The molecule has 1 aromatic carbocycles. The highest BCUT2D eigenvalue weighted by atomic mass is 32.2. The molecule has 0 spiro atoms. The number of ether oxygens (including phenoxy) is 1. The summed E-state index contributed by atoms with van der Waals surface area (Å²) in [5, 5.41) is 3.19. The minimum absolute atomic E-state index is 0.0326. The van der Waals surface area contributed by atoms with E-state index in [1.165, 1.54) is 7.05 Å². The Bertz CT molecular complexity index is 960. The van der Waals surface area contributed by atoms with E-state index in [1.54, 1.807) is 32.4 Å². The summed E-state index contributed by atoms with van der Waals surface area (Å²) in [6, 6.07) is 11.0. The lowest BCUT2D eigenvalue weighted by atomic mass is 9.95. The van der Waals surface area contributed by atoms with Gasteiger partial charge in [0.05, 0.1) is 18.6 Å². The fraction of sp³-hybridized carbons (Fsp3) is 0.294. The first-order valence-corrected chi connectivity index (χ1v) is 9.54. The number of pyridine rings is 1. The van der Waals surface area contributed by atoms with E-state index in [2.05, 4.69) is 15.3 Å². The molecule has 0 unspecified atom stereocenters. The van der Waals surface area contributed by atoms with Crippen LogP contribution in [0.25, 0.3) is 0 Å². The molecule has 138 valence electrons. The van der Waals surface area contributed by atoms with Gasteiger partial charge >= 0.3 is 0 Å². The minimum Gasteiger partial charge on any atom is -0.495 e. The molecule has 26 heavy (non-hydrogen) atoms. The number of aliphatic imine (C=N–C) groups is 1.